The summed E-state index contributed by atoms with van der Waals surface area (Å²) < 4.78 is 0. The molecule has 0 aliphatic heterocycles. The van der Waals surface area contributed by atoms with Gasteiger partial charge in [-0.2, -0.15) is 16.7 Å². The highest BCUT2D eigenvalue weighted by atomic mass is 35.5. The minimum Gasteiger partial charge on any atom is -0.369 e. The van der Waals surface area contributed by atoms with Gasteiger partial charge in [0.1, 0.15) is 5.82 Å². The second kappa shape index (κ2) is 9.62. The molecule has 3 aromatic rings. The molecule has 6 heteroatoms. The van der Waals surface area contributed by atoms with Gasteiger partial charge in [0.05, 0.1) is 5.69 Å². The van der Waals surface area contributed by atoms with Gasteiger partial charge in [-0.25, -0.2) is 4.98 Å². The molecule has 0 fully saturated rings. The summed E-state index contributed by atoms with van der Waals surface area (Å²) in [5.41, 5.74) is 10.0. The molecule has 0 amide bonds. The number of thioether (sulfide) groups is 1. The van der Waals surface area contributed by atoms with Crippen LogP contribution in [0.1, 0.15) is 11.1 Å². The molecule has 140 valence electrons. The van der Waals surface area contributed by atoms with Crippen LogP contribution < -0.4 is 11.1 Å². The van der Waals surface area contributed by atoms with E-state index in [9.17, 15) is 0 Å². The number of hydrogen-bond donors (Lipinski definition) is 2. The van der Waals surface area contributed by atoms with Gasteiger partial charge in [-0.1, -0.05) is 54.1 Å². The maximum absolute atomic E-state index is 6.23. The third kappa shape index (κ3) is 5.62. The van der Waals surface area contributed by atoms with Crippen LogP contribution in [0.15, 0.2) is 54.6 Å². The molecule has 1 heterocycles. The van der Waals surface area contributed by atoms with Gasteiger partial charge in [0.2, 0.25) is 5.95 Å². The molecule has 3 rings (SSSR count). The van der Waals surface area contributed by atoms with Crippen molar-refractivity contribution < 1.29 is 0 Å². The van der Waals surface area contributed by atoms with E-state index >= 15 is 0 Å². The van der Waals surface area contributed by atoms with Gasteiger partial charge in [0, 0.05) is 29.0 Å². The number of nitrogens with two attached hydrogens (primary N) is 1. The molecule has 0 unspecified atom stereocenters. The lowest BCUT2D eigenvalue weighted by molar-refractivity contribution is 1.12. The van der Waals surface area contributed by atoms with Crippen molar-refractivity contribution >= 4 is 35.1 Å². The third-order valence-electron chi connectivity index (χ3n) is 4.22. The Kier molecular flexibility index (Phi) is 6.96. The fourth-order valence-corrected chi connectivity index (χ4v) is 3.77. The van der Waals surface area contributed by atoms with Crippen molar-refractivity contribution in [1.29, 1.82) is 0 Å². The fraction of sp³-hybridized carbons (Fsp3) is 0.238. The van der Waals surface area contributed by atoms with E-state index in [1.54, 1.807) is 0 Å². The van der Waals surface area contributed by atoms with E-state index in [1.807, 2.05) is 49.0 Å². The maximum Gasteiger partial charge on any atom is 0.222 e. The molecule has 0 saturated heterocycles. The summed E-state index contributed by atoms with van der Waals surface area (Å²) in [6.45, 7) is 2.80. The minimum absolute atomic E-state index is 0.256. The molecule has 0 radical (unpaired) electrons. The van der Waals surface area contributed by atoms with Gasteiger partial charge in [-0.05, 0) is 36.3 Å². The standard InChI is InChI=1S/C21H23ClN4S/c1-15-17(8-5-9-18(15)22)19-14-20(26-21(23)25-19)24-11-13-27-12-10-16-6-3-2-4-7-16/h2-9,14H,10-13H2,1H3,(H3,23,24,25,26). The zero-order chi connectivity index (χ0) is 19.1. The Bertz CT molecular complexity index is 887. The Labute approximate surface area is 169 Å². The molecule has 0 saturated carbocycles. The predicted molar refractivity (Wildman–Crippen MR) is 118 cm³/mol. The van der Waals surface area contributed by atoms with Gasteiger partial charge in [0.25, 0.3) is 0 Å². The van der Waals surface area contributed by atoms with Gasteiger partial charge >= 0.3 is 0 Å². The molecule has 0 spiro atoms. The van der Waals surface area contributed by atoms with Crippen molar-refractivity contribution in [1.82, 2.24) is 9.97 Å². The minimum atomic E-state index is 0.256. The first-order chi connectivity index (χ1) is 13.1. The molecule has 2 aromatic carbocycles. The molecule has 1 aromatic heterocycles. The van der Waals surface area contributed by atoms with Crippen molar-refractivity contribution in [3.05, 3.63) is 70.7 Å². The van der Waals surface area contributed by atoms with Crippen LogP contribution in [0.5, 0.6) is 0 Å². The second-order valence-corrected chi connectivity index (χ2v) is 7.82. The summed E-state index contributed by atoms with van der Waals surface area (Å²) in [5, 5.41) is 4.06. The highest BCUT2D eigenvalue weighted by Crippen LogP contribution is 2.28. The van der Waals surface area contributed by atoms with E-state index in [4.69, 9.17) is 17.3 Å². The van der Waals surface area contributed by atoms with Crippen molar-refractivity contribution in [2.75, 3.05) is 29.1 Å². The molecule has 0 aliphatic rings. The van der Waals surface area contributed by atoms with E-state index in [1.165, 1.54) is 5.56 Å². The lowest BCUT2D eigenvalue weighted by Crippen LogP contribution is -2.09. The van der Waals surface area contributed by atoms with Crippen LogP contribution in [0, 0.1) is 6.92 Å². The van der Waals surface area contributed by atoms with Crippen molar-refractivity contribution in [2.45, 2.75) is 13.3 Å². The highest BCUT2D eigenvalue weighted by molar-refractivity contribution is 7.99. The maximum atomic E-state index is 6.23. The molecule has 0 aliphatic carbocycles. The molecule has 4 nitrogen and oxygen atoms in total. The van der Waals surface area contributed by atoms with Crippen molar-refractivity contribution in [3.63, 3.8) is 0 Å². The van der Waals surface area contributed by atoms with Crippen LogP contribution in [0.3, 0.4) is 0 Å². The van der Waals surface area contributed by atoms with Crippen molar-refractivity contribution in [3.8, 4) is 11.3 Å². The molecule has 0 bridgehead atoms. The molecular weight excluding hydrogens is 376 g/mol. The number of nitrogen functional groups attached to an aromatic ring is 1. The lowest BCUT2D eigenvalue weighted by Gasteiger charge is -2.11. The molecule has 0 atom stereocenters. The third-order valence-corrected chi connectivity index (χ3v) is 5.61. The number of nitrogens with one attached hydrogen (secondary N) is 1. The summed E-state index contributed by atoms with van der Waals surface area (Å²) >= 11 is 8.15. The van der Waals surface area contributed by atoms with Crippen LogP contribution in [0.2, 0.25) is 5.02 Å². The monoisotopic (exact) mass is 398 g/mol. The molecule has 3 N–H and O–H groups in total. The van der Waals surface area contributed by atoms with Crippen LogP contribution in [-0.4, -0.2) is 28.0 Å². The van der Waals surface area contributed by atoms with Crippen LogP contribution in [0.25, 0.3) is 11.3 Å². The molecule has 27 heavy (non-hydrogen) atoms. The zero-order valence-corrected chi connectivity index (χ0v) is 16.9. The lowest BCUT2D eigenvalue weighted by atomic mass is 10.1. The summed E-state index contributed by atoms with van der Waals surface area (Å²) in [4.78, 5) is 8.65. The fourth-order valence-electron chi connectivity index (χ4n) is 2.77. The predicted octanol–water partition coefficient (Wildman–Crippen LogP) is 5.08. The first-order valence-corrected chi connectivity index (χ1v) is 10.4. The SMILES string of the molecule is Cc1c(Cl)cccc1-c1cc(NCCSCCc2ccccc2)nc(N)n1. The van der Waals surface area contributed by atoms with Gasteiger partial charge in [0.15, 0.2) is 0 Å². The smallest absolute Gasteiger partial charge is 0.222 e. The zero-order valence-electron chi connectivity index (χ0n) is 15.3. The Balaban J connectivity index is 1.53. The number of nitrogens with zero attached hydrogens (tertiary/aromatic N) is 2. The van der Waals surface area contributed by atoms with E-state index in [0.717, 1.165) is 47.1 Å². The normalized spacial score (nSPS) is 10.7. The summed E-state index contributed by atoms with van der Waals surface area (Å²) in [6.07, 6.45) is 1.09. The van der Waals surface area contributed by atoms with Gasteiger partial charge < -0.3 is 11.1 Å². The van der Waals surface area contributed by atoms with E-state index < -0.39 is 0 Å². The summed E-state index contributed by atoms with van der Waals surface area (Å²) in [5.74, 6) is 3.10. The Morgan fingerprint density at radius 2 is 1.85 bits per heavy atom. The quantitative estimate of drug-likeness (QED) is 0.518. The van der Waals surface area contributed by atoms with Crippen LogP contribution >= 0.6 is 23.4 Å². The number of halogens is 1. The average molecular weight is 399 g/mol. The number of hydrogen-bond acceptors (Lipinski definition) is 5. The topological polar surface area (TPSA) is 63.8 Å². The average Bonchev–Trinajstić information content (AvgIpc) is 2.67. The second-order valence-electron chi connectivity index (χ2n) is 6.18. The number of rotatable bonds is 8. The Morgan fingerprint density at radius 3 is 2.67 bits per heavy atom. The highest BCUT2D eigenvalue weighted by Gasteiger charge is 2.09. The Morgan fingerprint density at radius 1 is 1.04 bits per heavy atom. The number of benzene rings is 2. The number of anilines is 2. The Hall–Kier alpha value is -2.24. The van der Waals surface area contributed by atoms with E-state index in [0.29, 0.717) is 5.02 Å². The van der Waals surface area contributed by atoms with E-state index in [-0.39, 0.29) is 5.95 Å². The van der Waals surface area contributed by atoms with Crippen LogP contribution in [0.4, 0.5) is 11.8 Å². The van der Waals surface area contributed by atoms with Gasteiger partial charge in [-0.15, -0.1) is 0 Å². The summed E-state index contributed by atoms with van der Waals surface area (Å²) in [6, 6.07) is 18.3. The molecular formula is C21H23ClN4S. The summed E-state index contributed by atoms with van der Waals surface area (Å²) in [7, 11) is 0. The number of aromatic nitrogens is 2. The largest absolute Gasteiger partial charge is 0.369 e. The van der Waals surface area contributed by atoms with Crippen LogP contribution in [-0.2, 0) is 6.42 Å². The van der Waals surface area contributed by atoms with E-state index in [2.05, 4.69) is 39.6 Å². The first kappa shape index (κ1) is 19.5. The van der Waals surface area contributed by atoms with Crippen molar-refractivity contribution in [2.24, 2.45) is 0 Å². The van der Waals surface area contributed by atoms with Gasteiger partial charge in [-0.3, -0.25) is 0 Å². The first-order valence-electron chi connectivity index (χ1n) is 8.89. The number of aryl methyl sites for hydroxylation is 1.